The highest BCUT2D eigenvalue weighted by molar-refractivity contribution is 7.08. The molecule has 0 fully saturated rings. The molecule has 0 atom stereocenters. The van der Waals surface area contributed by atoms with Crippen LogP contribution in [0.2, 0.25) is 0 Å². The summed E-state index contributed by atoms with van der Waals surface area (Å²) >= 11 is 1.65. The lowest BCUT2D eigenvalue weighted by Crippen LogP contribution is -2.34. The van der Waals surface area contributed by atoms with Crippen LogP contribution in [0.15, 0.2) is 29.1 Å². The zero-order valence-corrected chi connectivity index (χ0v) is 12.7. The molecule has 0 spiro atoms. The Labute approximate surface area is 122 Å². The molecule has 2 heterocycles. The summed E-state index contributed by atoms with van der Waals surface area (Å²) in [4.78, 5) is 11.5. The van der Waals surface area contributed by atoms with Crippen molar-refractivity contribution in [3.8, 4) is 11.3 Å². The fourth-order valence-electron chi connectivity index (χ4n) is 1.64. The third-order valence-electron chi connectivity index (χ3n) is 2.47. The van der Waals surface area contributed by atoms with Crippen molar-refractivity contribution in [2.45, 2.75) is 32.9 Å². The van der Waals surface area contributed by atoms with Gasteiger partial charge in [0.15, 0.2) is 0 Å². The second-order valence-corrected chi connectivity index (χ2v) is 6.18. The van der Waals surface area contributed by atoms with Crippen molar-refractivity contribution in [1.82, 2.24) is 15.1 Å². The van der Waals surface area contributed by atoms with Crippen molar-refractivity contribution in [3.05, 3.63) is 29.1 Å². The predicted octanol–water partition coefficient (Wildman–Crippen LogP) is 3.14. The van der Waals surface area contributed by atoms with Crippen molar-refractivity contribution in [1.29, 1.82) is 0 Å². The normalized spacial score (nSPS) is 11.3. The zero-order chi connectivity index (χ0) is 14.6. The monoisotopic (exact) mass is 293 g/mol. The van der Waals surface area contributed by atoms with E-state index in [-0.39, 0.29) is 0 Å². The highest BCUT2D eigenvalue weighted by Gasteiger charge is 2.15. The Hall–Kier alpha value is -1.82. The summed E-state index contributed by atoms with van der Waals surface area (Å²) in [6.45, 7) is 6.62. The average molecular weight is 293 g/mol. The Kier molecular flexibility index (Phi) is 4.44. The topological polar surface area (TPSA) is 56.1 Å². The van der Waals surface area contributed by atoms with Crippen LogP contribution in [0, 0.1) is 0 Å². The van der Waals surface area contributed by atoms with Crippen molar-refractivity contribution < 1.29 is 9.53 Å². The minimum absolute atomic E-state index is 0.400. The fourth-order valence-corrected chi connectivity index (χ4v) is 2.29. The number of alkyl carbamates (subject to hydrolysis) is 1. The van der Waals surface area contributed by atoms with Gasteiger partial charge in [-0.25, -0.2) is 4.79 Å². The number of hydrogen-bond acceptors (Lipinski definition) is 4. The smallest absolute Gasteiger partial charge is 0.407 e. The first-order chi connectivity index (χ1) is 9.44. The molecule has 6 heteroatoms. The van der Waals surface area contributed by atoms with Crippen LogP contribution < -0.4 is 5.32 Å². The largest absolute Gasteiger partial charge is 0.444 e. The lowest BCUT2D eigenvalue weighted by atomic mass is 10.2. The molecular formula is C14H19N3O2S. The molecule has 0 aromatic carbocycles. The lowest BCUT2D eigenvalue weighted by Gasteiger charge is -2.19. The average Bonchev–Trinajstić information content (AvgIpc) is 2.96. The van der Waals surface area contributed by atoms with Gasteiger partial charge in [0.25, 0.3) is 0 Å². The van der Waals surface area contributed by atoms with Crippen LogP contribution >= 0.6 is 11.3 Å². The third kappa shape index (κ3) is 4.38. The molecule has 1 amide bonds. The van der Waals surface area contributed by atoms with Gasteiger partial charge in [0.1, 0.15) is 5.60 Å². The molecular weight excluding hydrogens is 274 g/mol. The number of thiophene rings is 1. The van der Waals surface area contributed by atoms with E-state index in [0.717, 1.165) is 11.3 Å². The van der Waals surface area contributed by atoms with E-state index < -0.39 is 11.7 Å². The van der Waals surface area contributed by atoms with E-state index in [4.69, 9.17) is 4.74 Å². The third-order valence-corrected chi connectivity index (χ3v) is 3.15. The van der Waals surface area contributed by atoms with Gasteiger partial charge in [-0.05, 0) is 38.3 Å². The standard InChI is InChI=1S/C14H19N3O2S/c1-14(2,3)19-13(18)15-6-8-17-7-4-12(16-17)11-5-9-20-10-11/h4-5,7,9-10H,6,8H2,1-3H3,(H,15,18). The first kappa shape index (κ1) is 14.6. The van der Waals surface area contributed by atoms with Crippen LogP contribution in [0.3, 0.4) is 0 Å². The van der Waals surface area contributed by atoms with Gasteiger partial charge in [-0.1, -0.05) is 0 Å². The van der Waals surface area contributed by atoms with Gasteiger partial charge < -0.3 is 10.1 Å². The van der Waals surface area contributed by atoms with Crippen LogP contribution in [-0.4, -0.2) is 28.0 Å². The molecule has 0 saturated heterocycles. The number of carbonyl (C=O) groups excluding carboxylic acids is 1. The van der Waals surface area contributed by atoms with Crippen LogP contribution in [0.4, 0.5) is 4.79 Å². The molecule has 5 nitrogen and oxygen atoms in total. The lowest BCUT2D eigenvalue weighted by molar-refractivity contribution is 0.0525. The van der Waals surface area contributed by atoms with E-state index in [1.807, 2.05) is 49.2 Å². The Bertz CT molecular complexity index is 555. The van der Waals surface area contributed by atoms with Crippen LogP contribution in [0.1, 0.15) is 20.8 Å². The van der Waals surface area contributed by atoms with Crippen molar-refractivity contribution in [2.75, 3.05) is 6.54 Å². The quantitative estimate of drug-likeness (QED) is 0.942. The van der Waals surface area contributed by atoms with Gasteiger partial charge in [-0.2, -0.15) is 16.4 Å². The molecule has 2 aromatic rings. The summed E-state index contributed by atoms with van der Waals surface area (Å²) in [5.41, 5.74) is 1.60. The van der Waals surface area contributed by atoms with E-state index in [2.05, 4.69) is 15.8 Å². The maximum atomic E-state index is 11.5. The molecule has 2 rings (SSSR count). The molecule has 2 aromatic heterocycles. The van der Waals surface area contributed by atoms with Crippen LogP contribution in [0.5, 0.6) is 0 Å². The minimum Gasteiger partial charge on any atom is -0.444 e. The zero-order valence-electron chi connectivity index (χ0n) is 11.9. The molecule has 0 aliphatic rings. The van der Waals surface area contributed by atoms with Gasteiger partial charge in [0.05, 0.1) is 12.2 Å². The summed E-state index contributed by atoms with van der Waals surface area (Å²) in [6.07, 6.45) is 1.51. The first-order valence-electron chi connectivity index (χ1n) is 6.47. The summed E-state index contributed by atoms with van der Waals surface area (Å²) in [5, 5.41) is 11.3. The number of nitrogens with zero attached hydrogens (tertiary/aromatic N) is 2. The molecule has 0 unspecified atom stereocenters. The van der Waals surface area contributed by atoms with Crippen LogP contribution in [0.25, 0.3) is 11.3 Å². The number of rotatable bonds is 4. The number of amides is 1. The second kappa shape index (κ2) is 6.09. The summed E-state index contributed by atoms with van der Waals surface area (Å²) in [5.74, 6) is 0. The Balaban J connectivity index is 1.79. The molecule has 0 aliphatic heterocycles. The van der Waals surface area contributed by atoms with Gasteiger partial charge >= 0.3 is 6.09 Å². The maximum Gasteiger partial charge on any atom is 0.407 e. The van der Waals surface area contributed by atoms with Crippen molar-refractivity contribution >= 4 is 17.4 Å². The maximum absolute atomic E-state index is 11.5. The first-order valence-corrected chi connectivity index (χ1v) is 7.41. The SMILES string of the molecule is CC(C)(C)OC(=O)NCCn1ccc(-c2ccsc2)n1. The van der Waals surface area contributed by atoms with E-state index in [1.165, 1.54) is 0 Å². The molecule has 0 bridgehead atoms. The number of carbonyl (C=O) groups is 1. The Morgan fingerprint density at radius 3 is 2.90 bits per heavy atom. The molecule has 1 N–H and O–H groups in total. The number of hydrogen-bond donors (Lipinski definition) is 1. The van der Waals surface area contributed by atoms with Gasteiger partial charge in [0.2, 0.25) is 0 Å². The van der Waals surface area contributed by atoms with Crippen molar-refractivity contribution in [2.24, 2.45) is 0 Å². The molecule has 20 heavy (non-hydrogen) atoms. The van der Waals surface area contributed by atoms with Gasteiger partial charge in [-0.3, -0.25) is 4.68 Å². The molecule has 108 valence electrons. The second-order valence-electron chi connectivity index (χ2n) is 5.40. The summed E-state index contributed by atoms with van der Waals surface area (Å²) in [6, 6.07) is 4.01. The van der Waals surface area contributed by atoms with E-state index in [9.17, 15) is 4.79 Å². The number of nitrogens with one attached hydrogen (secondary N) is 1. The highest BCUT2D eigenvalue weighted by atomic mass is 32.1. The van der Waals surface area contributed by atoms with Crippen LogP contribution in [-0.2, 0) is 11.3 Å². The highest BCUT2D eigenvalue weighted by Crippen LogP contribution is 2.19. The van der Waals surface area contributed by atoms with Gasteiger partial charge in [0, 0.05) is 23.7 Å². The fraction of sp³-hybridized carbons (Fsp3) is 0.429. The predicted molar refractivity (Wildman–Crippen MR) is 79.8 cm³/mol. The number of aromatic nitrogens is 2. The Morgan fingerprint density at radius 1 is 1.45 bits per heavy atom. The van der Waals surface area contributed by atoms with E-state index >= 15 is 0 Å². The number of ether oxygens (including phenoxy) is 1. The molecule has 0 aliphatic carbocycles. The molecule has 0 radical (unpaired) electrons. The van der Waals surface area contributed by atoms with Gasteiger partial charge in [-0.15, -0.1) is 0 Å². The molecule has 0 saturated carbocycles. The summed E-state index contributed by atoms with van der Waals surface area (Å²) in [7, 11) is 0. The summed E-state index contributed by atoms with van der Waals surface area (Å²) < 4.78 is 6.97. The Morgan fingerprint density at radius 2 is 2.25 bits per heavy atom. The van der Waals surface area contributed by atoms with E-state index in [1.54, 1.807) is 11.3 Å². The van der Waals surface area contributed by atoms with E-state index in [0.29, 0.717) is 13.1 Å². The van der Waals surface area contributed by atoms with Crippen molar-refractivity contribution in [3.63, 3.8) is 0 Å². The minimum atomic E-state index is -0.470.